The fourth-order valence-corrected chi connectivity index (χ4v) is 6.43. The van der Waals surface area contributed by atoms with Crippen LogP contribution in [0.15, 0.2) is 59.1 Å². The molecule has 1 aliphatic rings. The molecule has 0 aliphatic carbocycles. The van der Waals surface area contributed by atoms with Gasteiger partial charge in [-0.05, 0) is 55.7 Å². The number of esters is 1. The maximum absolute atomic E-state index is 12.9. The molecular formula is C21H23N3O4S2. The van der Waals surface area contributed by atoms with Gasteiger partial charge in [-0.1, -0.05) is 12.1 Å². The lowest BCUT2D eigenvalue weighted by Crippen LogP contribution is -2.42. The smallest absolute Gasteiger partial charge is 0.310 e. The molecule has 1 atom stereocenters. The van der Waals surface area contributed by atoms with Gasteiger partial charge < -0.3 is 4.74 Å². The van der Waals surface area contributed by atoms with Gasteiger partial charge in [0.25, 0.3) is 10.0 Å². The maximum atomic E-state index is 12.9. The van der Waals surface area contributed by atoms with Gasteiger partial charge in [0.05, 0.1) is 11.6 Å². The van der Waals surface area contributed by atoms with Gasteiger partial charge >= 0.3 is 5.97 Å². The number of nitrogens with zero attached hydrogens (tertiary/aromatic N) is 3. The summed E-state index contributed by atoms with van der Waals surface area (Å²) in [5.41, 5.74) is 1.79. The lowest BCUT2D eigenvalue weighted by atomic mass is 10.00. The SMILES string of the molecule is Cc1ccc(S(=O)(=O)N2CCCC(C(=O)OCc3ccc(-n4cccn4)cc3)C2)s1. The number of carbonyl (C=O) groups excluding carboxylic acids is 1. The number of aromatic nitrogens is 2. The summed E-state index contributed by atoms with van der Waals surface area (Å²) < 4.78 is 34.7. The fourth-order valence-electron chi connectivity index (χ4n) is 3.47. The first-order valence-electron chi connectivity index (χ1n) is 9.76. The molecule has 1 aliphatic heterocycles. The minimum absolute atomic E-state index is 0.158. The number of hydrogen-bond donors (Lipinski definition) is 0. The van der Waals surface area contributed by atoms with Crippen molar-refractivity contribution in [3.63, 3.8) is 0 Å². The van der Waals surface area contributed by atoms with Crippen molar-refractivity contribution in [2.75, 3.05) is 13.1 Å². The standard InChI is InChI=1S/C21H23N3O4S2/c1-16-5-10-20(29-16)30(26,27)23-12-2-4-18(14-23)21(25)28-15-17-6-8-19(9-7-17)24-13-3-11-22-24/h3,5-11,13,18H,2,4,12,14-15H2,1H3. The second-order valence-corrected chi connectivity index (χ2v) is 10.7. The Morgan fingerprint density at radius 3 is 2.70 bits per heavy atom. The first kappa shape index (κ1) is 20.8. The highest BCUT2D eigenvalue weighted by molar-refractivity contribution is 7.91. The van der Waals surface area contributed by atoms with Crippen LogP contribution in [-0.2, 0) is 26.2 Å². The lowest BCUT2D eigenvalue weighted by Gasteiger charge is -2.30. The summed E-state index contributed by atoms with van der Waals surface area (Å²) in [5.74, 6) is -0.800. The van der Waals surface area contributed by atoms with Gasteiger partial charge in [-0.2, -0.15) is 9.40 Å². The van der Waals surface area contributed by atoms with E-state index < -0.39 is 15.9 Å². The third kappa shape index (κ3) is 4.48. The molecule has 1 fully saturated rings. The van der Waals surface area contributed by atoms with Gasteiger partial charge in [0.1, 0.15) is 10.8 Å². The Morgan fingerprint density at radius 1 is 1.23 bits per heavy atom. The number of ether oxygens (including phenoxy) is 1. The van der Waals surface area contributed by atoms with E-state index in [1.54, 1.807) is 23.0 Å². The molecule has 2 aromatic heterocycles. The number of rotatable bonds is 6. The van der Waals surface area contributed by atoms with Gasteiger partial charge in [0.2, 0.25) is 0 Å². The van der Waals surface area contributed by atoms with E-state index in [0.717, 1.165) is 16.1 Å². The van der Waals surface area contributed by atoms with E-state index in [2.05, 4.69) is 5.10 Å². The van der Waals surface area contributed by atoms with Crippen LogP contribution in [0.2, 0.25) is 0 Å². The van der Waals surface area contributed by atoms with Crippen molar-refractivity contribution < 1.29 is 17.9 Å². The molecule has 0 amide bonds. The molecule has 3 heterocycles. The third-order valence-corrected chi connectivity index (χ3v) is 8.45. The Bertz CT molecular complexity index is 1110. The zero-order valence-corrected chi connectivity index (χ0v) is 18.2. The van der Waals surface area contributed by atoms with Crippen LogP contribution in [0, 0.1) is 12.8 Å². The number of piperidine rings is 1. The van der Waals surface area contributed by atoms with Crippen LogP contribution in [0.1, 0.15) is 23.3 Å². The zero-order valence-electron chi connectivity index (χ0n) is 16.6. The summed E-state index contributed by atoms with van der Waals surface area (Å²) in [7, 11) is -3.57. The van der Waals surface area contributed by atoms with E-state index in [-0.39, 0.29) is 19.1 Å². The van der Waals surface area contributed by atoms with Crippen molar-refractivity contribution in [1.82, 2.24) is 14.1 Å². The quantitative estimate of drug-likeness (QED) is 0.543. The van der Waals surface area contributed by atoms with Crippen LogP contribution >= 0.6 is 11.3 Å². The molecule has 1 aromatic carbocycles. The molecule has 0 radical (unpaired) electrons. The second-order valence-electron chi connectivity index (χ2n) is 7.29. The number of sulfonamides is 1. The first-order valence-corrected chi connectivity index (χ1v) is 12.0. The Hall–Kier alpha value is -2.49. The highest BCUT2D eigenvalue weighted by Crippen LogP contribution is 2.28. The van der Waals surface area contributed by atoms with Crippen LogP contribution in [0.3, 0.4) is 0 Å². The monoisotopic (exact) mass is 445 g/mol. The predicted octanol–water partition coefficient (Wildman–Crippen LogP) is 3.39. The average molecular weight is 446 g/mol. The molecule has 0 saturated carbocycles. The highest BCUT2D eigenvalue weighted by atomic mass is 32.2. The van der Waals surface area contributed by atoms with Crippen LogP contribution in [-0.4, -0.2) is 41.6 Å². The third-order valence-electron chi connectivity index (χ3n) is 5.11. The number of thiophene rings is 1. The van der Waals surface area contributed by atoms with E-state index in [0.29, 0.717) is 23.6 Å². The lowest BCUT2D eigenvalue weighted by molar-refractivity contribution is -0.151. The number of aryl methyl sites for hydroxylation is 1. The Morgan fingerprint density at radius 2 is 2.03 bits per heavy atom. The Kier molecular flexibility index (Phi) is 6.03. The largest absolute Gasteiger partial charge is 0.461 e. The normalized spacial score (nSPS) is 17.7. The van der Waals surface area contributed by atoms with Crippen molar-refractivity contribution in [2.24, 2.45) is 5.92 Å². The van der Waals surface area contributed by atoms with Gasteiger partial charge in [0.15, 0.2) is 0 Å². The molecule has 1 saturated heterocycles. The molecule has 0 spiro atoms. The van der Waals surface area contributed by atoms with Crippen LogP contribution in [0.4, 0.5) is 0 Å². The maximum Gasteiger partial charge on any atom is 0.310 e. The minimum atomic E-state index is -3.57. The molecule has 158 valence electrons. The summed E-state index contributed by atoms with van der Waals surface area (Å²) in [5, 5.41) is 4.18. The molecule has 7 nitrogen and oxygen atoms in total. The first-order chi connectivity index (χ1) is 14.4. The van der Waals surface area contributed by atoms with Gasteiger partial charge in [-0.25, -0.2) is 13.1 Å². The average Bonchev–Trinajstić information content (AvgIpc) is 3.45. The van der Waals surface area contributed by atoms with Crippen LogP contribution < -0.4 is 0 Å². The van der Waals surface area contributed by atoms with E-state index in [1.807, 2.05) is 43.5 Å². The second kappa shape index (κ2) is 8.71. The summed E-state index contributed by atoms with van der Waals surface area (Å²) >= 11 is 1.25. The molecule has 30 heavy (non-hydrogen) atoms. The predicted molar refractivity (Wildman–Crippen MR) is 114 cm³/mol. The van der Waals surface area contributed by atoms with Crippen molar-refractivity contribution in [3.05, 3.63) is 65.3 Å². The summed E-state index contributed by atoms with van der Waals surface area (Å²) in [4.78, 5) is 13.5. The van der Waals surface area contributed by atoms with Gasteiger partial charge in [0, 0.05) is 30.4 Å². The molecule has 1 unspecified atom stereocenters. The van der Waals surface area contributed by atoms with Crippen LogP contribution in [0.5, 0.6) is 0 Å². The number of benzene rings is 1. The van der Waals surface area contributed by atoms with Crippen LogP contribution in [0.25, 0.3) is 5.69 Å². The van der Waals surface area contributed by atoms with Gasteiger partial charge in [-0.3, -0.25) is 4.79 Å². The zero-order chi connectivity index (χ0) is 21.1. The Labute approximate surface area is 180 Å². The minimum Gasteiger partial charge on any atom is -0.461 e. The van der Waals surface area contributed by atoms with Crippen molar-refractivity contribution in [1.29, 1.82) is 0 Å². The molecule has 0 N–H and O–H groups in total. The summed E-state index contributed by atoms with van der Waals surface area (Å²) in [6.07, 6.45) is 4.84. The van der Waals surface area contributed by atoms with E-state index in [9.17, 15) is 13.2 Å². The highest BCUT2D eigenvalue weighted by Gasteiger charge is 2.34. The van der Waals surface area contributed by atoms with Crippen molar-refractivity contribution in [3.8, 4) is 5.69 Å². The molecule has 3 aromatic rings. The van der Waals surface area contributed by atoms with Crippen molar-refractivity contribution >= 4 is 27.3 Å². The molecule has 0 bridgehead atoms. The summed E-state index contributed by atoms with van der Waals surface area (Å²) in [6.45, 7) is 2.63. The number of hydrogen-bond acceptors (Lipinski definition) is 6. The number of carbonyl (C=O) groups is 1. The van der Waals surface area contributed by atoms with E-state index >= 15 is 0 Å². The topological polar surface area (TPSA) is 81.5 Å². The molecule has 9 heteroatoms. The van der Waals surface area contributed by atoms with E-state index in [1.165, 1.54) is 15.6 Å². The molecule has 4 rings (SSSR count). The van der Waals surface area contributed by atoms with Crippen molar-refractivity contribution in [2.45, 2.75) is 30.6 Å². The van der Waals surface area contributed by atoms with E-state index in [4.69, 9.17) is 4.74 Å². The fraction of sp³-hybridized carbons (Fsp3) is 0.333. The summed E-state index contributed by atoms with van der Waals surface area (Å²) in [6, 6.07) is 12.9. The van der Waals surface area contributed by atoms with Gasteiger partial charge in [-0.15, -0.1) is 11.3 Å². The molecular weight excluding hydrogens is 422 g/mol. The Balaban J connectivity index is 1.35.